The Morgan fingerprint density at radius 1 is 1.37 bits per heavy atom. The van der Waals surface area contributed by atoms with Gasteiger partial charge >= 0.3 is 0 Å². The van der Waals surface area contributed by atoms with Gasteiger partial charge in [0.05, 0.1) is 18.6 Å². The molecule has 1 amide bonds. The molecule has 2 atom stereocenters. The first-order valence-corrected chi connectivity index (χ1v) is 6.26. The van der Waals surface area contributed by atoms with E-state index in [1.54, 1.807) is 14.2 Å². The molecule has 0 heterocycles. The van der Waals surface area contributed by atoms with Crippen LogP contribution < -0.4 is 11.1 Å². The largest absolute Gasteiger partial charge is 0.380 e. The second kappa shape index (κ2) is 7.89. The summed E-state index contributed by atoms with van der Waals surface area (Å²) in [7, 11) is 3.20. The van der Waals surface area contributed by atoms with Gasteiger partial charge in [-0.05, 0) is 24.6 Å². The summed E-state index contributed by atoms with van der Waals surface area (Å²) < 4.78 is 10.3. The lowest BCUT2D eigenvalue weighted by Crippen LogP contribution is -2.28. The maximum absolute atomic E-state index is 11.8. The zero-order chi connectivity index (χ0) is 14.3. The number of nitrogens with two attached hydrogens (primary N) is 1. The fraction of sp³-hybridized carbons (Fsp3) is 0.500. The molecule has 1 aromatic rings. The Kier molecular flexibility index (Phi) is 6.49. The van der Waals surface area contributed by atoms with Crippen LogP contribution in [0.2, 0.25) is 0 Å². The highest BCUT2D eigenvalue weighted by atomic mass is 16.5. The summed E-state index contributed by atoms with van der Waals surface area (Å²) in [4.78, 5) is 11.8. The maximum atomic E-state index is 11.8. The molecule has 0 aliphatic rings. The fourth-order valence-electron chi connectivity index (χ4n) is 1.69. The molecular weight excluding hydrogens is 244 g/mol. The van der Waals surface area contributed by atoms with Gasteiger partial charge in [0.15, 0.2) is 0 Å². The normalized spacial score (nSPS) is 13.9. The van der Waals surface area contributed by atoms with E-state index in [1.165, 1.54) is 0 Å². The quantitative estimate of drug-likeness (QED) is 0.787. The zero-order valence-electron chi connectivity index (χ0n) is 11.7. The second-order valence-corrected chi connectivity index (χ2v) is 4.35. The van der Waals surface area contributed by atoms with Crippen molar-refractivity contribution in [1.82, 2.24) is 0 Å². The van der Waals surface area contributed by atoms with Crippen LogP contribution in [0.3, 0.4) is 0 Å². The molecule has 0 saturated heterocycles. The Hall–Kier alpha value is -1.43. The lowest BCUT2D eigenvalue weighted by Gasteiger charge is -2.14. The molecule has 106 valence electrons. The van der Waals surface area contributed by atoms with E-state index in [0.717, 1.165) is 11.3 Å². The molecule has 0 aliphatic carbocycles. The molecule has 2 unspecified atom stereocenters. The molecule has 5 heteroatoms. The molecule has 1 rings (SSSR count). The molecule has 0 saturated carbocycles. The summed E-state index contributed by atoms with van der Waals surface area (Å²) in [6.45, 7) is 2.28. The van der Waals surface area contributed by atoms with E-state index >= 15 is 0 Å². The van der Waals surface area contributed by atoms with Gasteiger partial charge < -0.3 is 20.5 Å². The first-order valence-electron chi connectivity index (χ1n) is 6.26. The Morgan fingerprint density at radius 3 is 2.68 bits per heavy atom. The van der Waals surface area contributed by atoms with Crippen LogP contribution in [0.15, 0.2) is 24.3 Å². The van der Waals surface area contributed by atoms with Gasteiger partial charge in [-0.3, -0.25) is 4.79 Å². The number of hydrogen-bond acceptors (Lipinski definition) is 4. The lowest BCUT2D eigenvalue weighted by atomic mass is 10.1. The smallest absolute Gasteiger partial charge is 0.227 e. The molecule has 19 heavy (non-hydrogen) atoms. The molecule has 0 spiro atoms. The van der Waals surface area contributed by atoms with Gasteiger partial charge in [-0.1, -0.05) is 12.1 Å². The summed E-state index contributed by atoms with van der Waals surface area (Å²) in [5.74, 6) is -0.112. The van der Waals surface area contributed by atoms with Gasteiger partial charge in [0.2, 0.25) is 5.91 Å². The van der Waals surface area contributed by atoms with Crippen molar-refractivity contribution in [2.75, 3.05) is 26.1 Å². The predicted molar refractivity (Wildman–Crippen MR) is 75.0 cm³/mol. The van der Waals surface area contributed by atoms with Gasteiger partial charge in [0.25, 0.3) is 0 Å². The van der Waals surface area contributed by atoms with E-state index in [-0.39, 0.29) is 24.5 Å². The van der Waals surface area contributed by atoms with Crippen LogP contribution >= 0.6 is 0 Å². The average Bonchev–Trinajstić information content (AvgIpc) is 2.44. The highest BCUT2D eigenvalue weighted by molar-refractivity contribution is 5.91. The summed E-state index contributed by atoms with van der Waals surface area (Å²) in [5.41, 5.74) is 7.25. The number of amides is 1. The van der Waals surface area contributed by atoms with Crippen molar-refractivity contribution in [1.29, 1.82) is 0 Å². The van der Waals surface area contributed by atoms with Crippen molar-refractivity contribution in [3.05, 3.63) is 29.8 Å². The number of carbonyl (C=O) groups is 1. The Morgan fingerprint density at radius 2 is 2.11 bits per heavy atom. The topological polar surface area (TPSA) is 73.6 Å². The molecule has 0 fully saturated rings. The average molecular weight is 266 g/mol. The summed E-state index contributed by atoms with van der Waals surface area (Å²) in [5, 5.41) is 2.83. The fourth-order valence-corrected chi connectivity index (χ4v) is 1.69. The van der Waals surface area contributed by atoms with Crippen molar-refractivity contribution in [2.24, 2.45) is 5.73 Å². The molecule has 5 nitrogen and oxygen atoms in total. The molecule has 1 aromatic carbocycles. The van der Waals surface area contributed by atoms with Gasteiger partial charge in [-0.15, -0.1) is 0 Å². The summed E-state index contributed by atoms with van der Waals surface area (Å²) >= 11 is 0. The van der Waals surface area contributed by atoms with Gasteiger partial charge in [0, 0.05) is 26.5 Å². The van der Waals surface area contributed by atoms with Crippen molar-refractivity contribution < 1.29 is 14.3 Å². The van der Waals surface area contributed by atoms with E-state index < -0.39 is 0 Å². The molecule has 0 bridgehead atoms. The van der Waals surface area contributed by atoms with E-state index in [2.05, 4.69) is 5.32 Å². The predicted octanol–water partition coefficient (Wildman–Crippen LogP) is 1.70. The van der Waals surface area contributed by atoms with Crippen molar-refractivity contribution >= 4 is 11.6 Å². The van der Waals surface area contributed by atoms with Crippen LogP contribution in [0, 0.1) is 0 Å². The van der Waals surface area contributed by atoms with Gasteiger partial charge in [-0.25, -0.2) is 0 Å². The number of rotatable bonds is 7. The number of methoxy groups -OCH3 is 2. The highest BCUT2D eigenvalue weighted by Gasteiger charge is 2.12. The molecule has 3 N–H and O–H groups in total. The zero-order valence-corrected chi connectivity index (χ0v) is 11.7. The Balaban J connectivity index is 2.64. The third-order valence-corrected chi connectivity index (χ3v) is 3.00. The molecule has 0 aromatic heterocycles. The minimum Gasteiger partial charge on any atom is -0.380 e. The van der Waals surface area contributed by atoms with Crippen LogP contribution in [-0.2, 0) is 14.3 Å². The summed E-state index contributed by atoms with van der Waals surface area (Å²) in [6, 6.07) is 7.59. The van der Waals surface area contributed by atoms with E-state index in [1.807, 2.05) is 31.2 Å². The van der Waals surface area contributed by atoms with Crippen molar-refractivity contribution in [3.63, 3.8) is 0 Å². The first-order chi connectivity index (χ1) is 9.10. The number of anilines is 1. The second-order valence-electron chi connectivity index (χ2n) is 4.35. The summed E-state index contributed by atoms with van der Waals surface area (Å²) in [6.07, 6.45) is -0.00875. The minimum absolute atomic E-state index is 0.00684. The maximum Gasteiger partial charge on any atom is 0.227 e. The van der Waals surface area contributed by atoms with Crippen molar-refractivity contribution in [3.8, 4) is 0 Å². The number of benzene rings is 1. The first kappa shape index (κ1) is 15.6. The van der Waals surface area contributed by atoms with Crippen LogP contribution in [0.25, 0.3) is 0 Å². The number of carbonyl (C=O) groups excluding carboxylic acids is 1. The lowest BCUT2D eigenvalue weighted by molar-refractivity contribution is -0.118. The Bertz CT molecular complexity index is 405. The third kappa shape index (κ3) is 4.98. The van der Waals surface area contributed by atoms with Gasteiger partial charge in [-0.2, -0.15) is 0 Å². The Labute approximate surface area is 114 Å². The van der Waals surface area contributed by atoms with Crippen LogP contribution in [0.5, 0.6) is 0 Å². The number of hydrogen-bond donors (Lipinski definition) is 2. The van der Waals surface area contributed by atoms with Crippen molar-refractivity contribution in [2.45, 2.75) is 25.6 Å². The van der Waals surface area contributed by atoms with E-state index in [4.69, 9.17) is 15.2 Å². The van der Waals surface area contributed by atoms with E-state index in [0.29, 0.717) is 6.54 Å². The minimum atomic E-state index is -0.249. The molecule has 0 radical (unpaired) electrons. The van der Waals surface area contributed by atoms with E-state index in [9.17, 15) is 4.79 Å². The van der Waals surface area contributed by atoms with Crippen LogP contribution in [0.4, 0.5) is 5.69 Å². The highest BCUT2D eigenvalue weighted by Crippen LogP contribution is 2.19. The van der Waals surface area contributed by atoms with Crippen LogP contribution in [0.1, 0.15) is 25.0 Å². The van der Waals surface area contributed by atoms with Crippen LogP contribution in [-0.4, -0.2) is 32.8 Å². The standard InChI is InChI=1S/C14H22N2O3/c1-10(18-2)11-5-4-6-12(7-11)16-14(17)8-13(9-15)19-3/h4-7,10,13H,8-9,15H2,1-3H3,(H,16,17). The molecule has 0 aliphatic heterocycles. The monoisotopic (exact) mass is 266 g/mol. The number of nitrogens with one attached hydrogen (secondary N) is 1. The van der Waals surface area contributed by atoms with Gasteiger partial charge in [0.1, 0.15) is 0 Å². The third-order valence-electron chi connectivity index (χ3n) is 3.00. The SMILES string of the molecule is COC(CN)CC(=O)Nc1cccc(C(C)OC)c1. The number of ether oxygens (including phenoxy) is 2. The molecular formula is C14H22N2O3.